The van der Waals surface area contributed by atoms with Crippen molar-refractivity contribution in [2.24, 2.45) is 0 Å². The van der Waals surface area contributed by atoms with Crippen LogP contribution in [0.1, 0.15) is 25.7 Å². The summed E-state index contributed by atoms with van der Waals surface area (Å²) in [7, 11) is -1.86. The van der Waals surface area contributed by atoms with Gasteiger partial charge in [-0.25, -0.2) is 13.2 Å². The summed E-state index contributed by atoms with van der Waals surface area (Å²) < 4.78 is 27.9. The summed E-state index contributed by atoms with van der Waals surface area (Å²) in [4.78, 5) is 22.2. The van der Waals surface area contributed by atoms with E-state index in [9.17, 15) is 18.0 Å². The molecule has 2 rings (SSSR count). The van der Waals surface area contributed by atoms with Crippen molar-refractivity contribution in [3.05, 3.63) is 0 Å². The van der Waals surface area contributed by atoms with E-state index in [1.807, 2.05) is 0 Å². The molecule has 2 saturated heterocycles. The predicted octanol–water partition coefficient (Wildman–Crippen LogP) is -0.616. The smallest absolute Gasteiger partial charge is 0.396 e. The van der Waals surface area contributed by atoms with Gasteiger partial charge < -0.3 is 10.1 Å². The average Bonchev–Trinajstić information content (AvgIpc) is 2.49. The molecule has 0 spiro atoms. The first kappa shape index (κ1) is 12.3. The van der Waals surface area contributed by atoms with E-state index in [0.29, 0.717) is 25.7 Å². The Hall–Kier alpha value is -1.11. The molecule has 7 heteroatoms. The van der Waals surface area contributed by atoms with Crippen LogP contribution in [-0.2, 0) is 24.2 Å². The predicted molar refractivity (Wildman–Crippen MR) is 58.9 cm³/mol. The summed E-state index contributed by atoms with van der Waals surface area (Å²) in [5.41, 5.74) is 0. The van der Waals surface area contributed by atoms with E-state index in [1.54, 1.807) is 0 Å². The zero-order valence-corrected chi connectivity index (χ0v) is 10.3. The standard InChI is InChI=1S/C10H15NO5S/c1-16-10(13)9(12)11-6-4-7-2-3-8(5-6)17(7,14)15/h6-8H,2-5H2,1H3,(H,11,12). The van der Waals surface area contributed by atoms with Crippen molar-refractivity contribution in [1.82, 2.24) is 5.32 Å². The van der Waals surface area contributed by atoms with Crippen LogP contribution in [0.15, 0.2) is 0 Å². The lowest BCUT2D eigenvalue weighted by Crippen LogP contribution is -2.47. The van der Waals surface area contributed by atoms with E-state index < -0.39 is 21.7 Å². The van der Waals surface area contributed by atoms with E-state index in [-0.39, 0.29) is 16.5 Å². The molecule has 0 radical (unpaired) electrons. The van der Waals surface area contributed by atoms with Gasteiger partial charge in [-0.1, -0.05) is 0 Å². The van der Waals surface area contributed by atoms with Gasteiger partial charge in [-0.2, -0.15) is 0 Å². The molecule has 2 heterocycles. The number of esters is 1. The number of rotatable bonds is 1. The van der Waals surface area contributed by atoms with Gasteiger partial charge in [-0.3, -0.25) is 4.79 Å². The zero-order valence-electron chi connectivity index (χ0n) is 9.51. The molecule has 2 atom stereocenters. The minimum absolute atomic E-state index is 0.234. The Balaban J connectivity index is 2.00. The molecule has 2 bridgehead atoms. The lowest BCUT2D eigenvalue weighted by Gasteiger charge is -2.28. The second-order valence-corrected chi connectivity index (χ2v) is 7.06. The number of hydrogen-bond acceptors (Lipinski definition) is 5. The molecule has 6 nitrogen and oxygen atoms in total. The lowest BCUT2D eigenvalue weighted by atomic mass is 10.1. The molecule has 2 aliphatic heterocycles. The first-order chi connectivity index (χ1) is 7.95. The highest BCUT2D eigenvalue weighted by Gasteiger charge is 2.47. The fourth-order valence-electron chi connectivity index (χ4n) is 2.66. The van der Waals surface area contributed by atoms with Crippen molar-refractivity contribution < 1.29 is 22.7 Å². The number of methoxy groups -OCH3 is 1. The Morgan fingerprint density at radius 2 is 1.71 bits per heavy atom. The molecule has 17 heavy (non-hydrogen) atoms. The van der Waals surface area contributed by atoms with E-state index >= 15 is 0 Å². The van der Waals surface area contributed by atoms with Gasteiger partial charge in [-0.05, 0) is 25.7 Å². The van der Waals surface area contributed by atoms with Gasteiger partial charge in [0.2, 0.25) is 0 Å². The monoisotopic (exact) mass is 261 g/mol. The van der Waals surface area contributed by atoms with Crippen LogP contribution in [0.2, 0.25) is 0 Å². The van der Waals surface area contributed by atoms with Crippen molar-refractivity contribution in [3.63, 3.8) is 0 Å². The number of fused-ring (bicyclic) bond motifs is 2. The third-order valence-corrected chi connectivity index (χ3v) is 6.26. The minimum atomic E-state index is -2.99. The second-order valence-electron chi connectivity index (χ2n) is 4.54. The Morgan fingerprint density at radius 3 is 2.18 bits per heavy atom. The molecule has 0 aromatic heterocycles. The van der Waals surface area contributed by atoms with Crippen LogP contribution in [-0.4, -0.2) is 43.9 Å². The number of nitrogens with one attached hydrogen (secondary N) is 1. The number of carbonyl (C=O) groups excluding carboxylic acids is 2. The lowest BCUT2D eigenvalue weighted by molar-refractivity contribution is -0.153. The first-order valence-corrected chi connectivity index (χ1v) is 7.17. The summed E-state index contributed by atoms with van der Waals surface area (Å²) >= 11 is 0. The minimum Gasteiger partial charge on any atom is -0.462 e. The quantitative estimate of drug-likeness (QED) is 0.502. The maximum Gasteiger partial charge on any atom is 0.396 e. The third kappa shape index (κ3) is 2.15. The fraction of sp³-hybridized carbons (Fsp3) is 0.800. The SMILES string of the molecule is COC(=O)C(=O)NC1CC2CCC(C1)S2(=O)=O. The van der Waals surface area contributed by atoms with Crippen LogP contribution >= 0.6 is 0 Å². The van der Waals surface area contributed by atoms with E-state index in [0.717, 1.165) is 7.11 Å². The van der Waals surface area contributed by atoms with Crippen molar-refractivity contribution in [1.29, 1.82) is 0 Å². The maximum atomic E-state index is 11.8. The van der Waals surface area contributed by atoms with Gasteiger partial charge in [0.15, 0.2) is 9.84 Å². The highest BCUT2D eigenvalue weighted by atomic mass is 32.2. The van der Waals surface area contributed by atoms with Crippen LogP contribution in [0.4, 0.5) is 0 Å². The van der Waals surface area contributed by atoms with E-state index in [4.69, 9.17) is 0 Å². The Labute approximate surface area is 99.6 Å². The molecule has 0 aliphatic carbocycles. The maximum absolute atomic E-state index is 11.8. The molecular weight excluding hydrogens is 246 g/mol. The summed E-state index contributed by atoms with van der Waals surface area (Å²) in [6.07, 6.45) is 2.14. The van der Waals surface area contributed by atoms with Crippen molar-refractivity contribution >= 4 is 21.7 Å². The first-order valence-electron chi connectivity index (χ1n) is 5.56. The largest absolute Gasteiger partial charge is 0.462 e. The van der Waals surface area contributed by atoms with Gasteiger partial charge >= 0.3 is 11.9 Å². The molecule has 2 fully saturated rings. The second kappa shape index (κ2) is 4.29. The van der Waals surface area contributed by atoms with Crippen molar-refractivity contribution in [2.75, 3.05) is 7.11 Å². The van der Waals surface area contributed by atoms with E-state index in [2.05, 4.69) is 10.1 Å². The van der Waals surface area contributed by atoms with Crippen LogP contribution < -0.4 is 5.32 Å². The molecule has 1 N–H and O–H groups in total. The fourth-order valence-corrected chi connectivity index (χ4v) is 5.14. The van der Waals surface area contributed by atoms with Crippen LogP contribution in [0, 0.1) is 0 Å². The molecule has 96 valence electrons. The summed E-state index contributed by atoms with van der Waals surface area (Å²) in [5, 5.41) is 1.82. The van der Waals surface area contributed by atoms with Crippen LogP contribution in [0.25, 0.3) is 0 Å². The van der Waals surface area contributed by atoms with E-state index in [1.165, 1.54) is 0 Å². The molecular formula is C10H15NO5S. The average molecular weight is 261 g/mol. The molecule has 2 unspecified atom stereocenters. The number of hydrogen-bond donors (Lipinski definition) is 1. The number of carbonyl (C=O) groups is 2. The van der Waals surface area contributed by atoms with Crippen molar-refractivity contribution in [2.45, 2.75) is 42.2 Å². The normalized spacial score (nSPS) is 34.1. The molecule has 0 aromatic rings. The number of amides is 1. The third-order valence-electron chi connectivity index (χ3n) is 3.54. The molecule has 2 aliphatic rings. The number of sulfone groups is 1. The van der Waals surface area contributed by atoms with Gasteiger partial charge in [0, 0.05) is 6.04 Å². The summed E-state index contributed by atoms with van der Waals surface area (Å²) in [6.45, 7) is 0. The van der Waals surface area contributed by atoms with Crippen LogP contribution in [0.3, 0.4) is 0 Å². The van der Waals surface area contributed by atoms with Crippen LogP contribution in [0.5, 0.6) is 0 Å². The highest BCUT2D eigenvalue weighted by Crippen LogP contribution is 2.38. The van der Waals surface area contributed by atoms with Crippen molar-refractivity contribution in [3.8, 4) is 0 Å². The van der Waals surface area contributed by atoms with Gasteiger partial charge in [0.25, 0.3) is 0 Å². The Kier molecular flexibility index (Phi) is 3.11. The van der Waals surface area contributed by atoms with Gasteiger partial charge in [-0.15, -0.1) is 0 Å². The van der Waals surface area contributed by atoms with Gasteiger partial charge in [0.1, 0.15) is 0 Å². The Morgan fingerprint density at radius 1 is 1.18 bits per heavy atom. The summed E-state index contributed by atoms with van der Waals surface area (Å²) in [6, 6.07) is -0.234. The molecule has 1 amide bonds. The zero-order chi connectivity index (χ0) is 12.6. The number of ether oxygens (including phenoxy) is 1. The highest BCUT2D eigenvalue weighted by molar-refractivity contribution is 7.93. The molecule has 0 saturated carbocycles. The molecule has 0 aromatic carbocycles. The summed E-state index contributed by atoms with van der Waals surface area (Å²) in [5.74, 6) is -1.73. The topological polar surface area (TPSA) is 89.5 Å². The Bertz CT molecular complexity index is 424. The van der Waals surface area contributed by atoms with Gasteiger partial charge in [0.05, 0.1) is 17.6 Å².